The molecule has 8 aliphatic rings. The van der Waals surface area contributed by atoms with Crippen LogP contribution in [0.1, 0.15) is 90.9 Å². The monoisotopic (exact) mass is 397 g/mol. The summed E-state index contributed by atoms with van der Waals surface area (Å²) >= 11 is 0. The number of amidine groups is 1. The van der Waals surface area contributed by atoms with Crippen LogP contribution in [0, 0.1) is 35.5 Å². The molecule has 0 atom stereocenters. The molecule has 0 spiro atoms. The van der Waals surface area contributed by atoms with Crippen LogP contribution in [0.2, 0.25) is 0 Å². The number of nitrogens with zero attached hydrogens (tertiary/aromatic N) is 2. The van der Waals surface area contributed by atoms with Crippen LogP contribution in [-0.2, 0) is 4.79 Å². The molecule has 0 saturated heterocycles. The molecule has 0 aromatic carbocycles. The molecule has 2 N–H and O–H groups in total. The fourth-order valence-electron chi connectivity index (χ4n) is 10.0. The van der Waals surface area contributed by atoms with Crippen molar-refractivity contribution in [2.24, 2.45) is 46.2 Å². The summed E-state index contributed by atoms with van der Waals surface area (Å²) in [5.74, 6) is 5.47. The zero-order valence-electron chi connectivity index (χ0n) is 18.4. The van der Waals surface area contributed by atoms with Crippen LogP contribution in [0.5, 0.6) is 0 Å². The standard InChI is InChI=1S/C25H39N3O/c1-15(2)28(25-12-19-6-20(13-25)8-21(7-19)14-25)23(22(26)29)27-24-9-16-3-17(10-24)5-18(4-16)11-24/h15-21H,3-14H2,1-2H3,(H2,26,29). The number of rotatable bonds is 3. The molecule has 0 aliphatic heterocycles. The maximum atomic E-state index is 12.9. The molecule has 0 aromatic rings. The maximum Gasteiger partial charge on any atom is 0.284 e. The van der Waals surface area contributed by atoms with Crippen molar-refractivity contribution in [1.82, 2.24) is 4.90 Å². The largest absolute Gasteiger partial charge is 0.363 e. The number of aliphatic imine (C=N–C) groups is 1. The summed E-state index contributed by atoms with van der Waals surface area (Å²) in [7, 11) is 0. The minimum absolute atomic E-state index is 0.00848. The molecular formula is C25H39N3O. The average Bonchev–Trinajstić information content (AvgIpc) is 2.57. The van der Waals surface area contributed by atoms with E-state index in [2.05, 4.69) is 18.7 Å². The number of primary amides is 1. The summed E-state index contributed by atoms with van der Waals surface area (Å²) in [6.07, 6.45) is 15.8. The topological polar surface area (TPSA) is 58.7 Å². The quantitative estimate of drug-likeness (QED) is 0.562. The van der Waals surface area contributed by atoms with E-state index in [0.29, 0.717) is 5.84 Å². The van der Waals surface area contributed by atoms with Crippen molar-refractivity contribution in [3.8, 4) is 0 Å². The van der Waals surface area contributed by atoms with Gasteiger partial charge in [-0.3, -0.25) is 9.79 Å². The van der Waals surface area contributed by atoms with E-state index >= 15 is 0 Å². The highest BCUT2D eigenvalue weighted by atomic mass is 16.1. The van der Waals surface area contributed by atoms with E-state index in [-0.39, 0.29) is 23.0 Å². The van der Waals surface area contributed by atoms with Gasteiger partial charge in [-0.15, -0.1) is 0 Å². The zero-order valence-corrected chi connectivity index (χ0v) is 18.4. The first-order chi connectivity index (χ1) is 13.8. The summed E-state index contributed by atoms with van der Waals surface area (Å²) in [6, 6.07) is 0.284. The van der Waals surface area contributed by atoms with Crippen molar-refractivity contribution in [2.75, 3.05) is 0 Å². The second kappa shape index (κ2) is 6.23. The van der Waals surface area contributed by atoms with Crippen LogP contribution in [-0.4, -0.2) is 33.8 Å². The summed E-state index contributed by atoms with van der Waals surface area (Å²) < 4.78 is 0. The molecule has 8 saturated carbocycles. The molecule has 160 valence electrons. The van der Waals surface area contributed by atoms with Crippen LogP contribution in [0.4, 0.5) is 0 Å². The minimum atomic E-state index is -0.273. The Labute approximate surface area is 176 Å². The lowest BCUT2D eigenvalue weighted by Crippen LogP contribution is -2.65. The Balaban J connectivity index is 1.39. The molecule has 8 bridgehead atoms. The van der Waals surface area contributed by atoms with E-state index in [1.165, 1.54) is 77.0 Å². The van der Waals surface area contributed by atoms with Crippen LogP contribution < -0.4 is 5.73 Å². The Hall–Kier alpha value is -1.06. The van der Waals surface area contributed by atoms with Crippen molar-refractivity contribution >= 4 is 11.7 Å². The van der Waals surface area contributed by atoms with Gasteiger partial charge in [-0.2, -0.15) is 0 Å². The number of nitrogens with two attached hydrogens (primary N) is 1. The van der Waals surface area contributed by atoms with Crippen LogP contribution >= 0.6 is 0 Å². The number of carbonyl (C=O) groups is 1. The van der Waals surface area contributed by atoms with E-state index in [4.69, 9.17) is 10.7 Å². The van der Waals surface area contributed by atoms with E-state index in [1.807, 2.05) is 0 Å². The van der Waals surface area contributed by atoms with Gasteiger partial charge in [-0.05, 0) is 126 Å². The molecule has 0 heterocycles. The fourth-order valence-corrected chi connectivity index (χ4v) is 10.0. The third-order valence-corrected chi connectivity index (χ3v) is 9.83. The van der Waals surface area contributed by atoms with Crippen molar-refractivity contribution in [1.29, 1.82) is 0 Å². The van der Waals surface area contributed by atoms with Gasteiger partial charge >= 0.3 is 0 Å². The van der Waals surface area contributed by atoms with Gasteiger partial charge in [0.05, 0.1) is 5.54 Å². The maximum absolute atomic E-state index is 12.9. The third-order valence-electron chi connectivity index (χ3n) is 9.83. The highest BCUT2D eigenvalue weighted by Crippen LogP contribution is 2.60. The van der Waals surface area contributed by atoms with E-state index in [0.717, 1.165) is 35.5 Å². The van der Waals surface area contributed by atoms with Gasteiger partial charge in [0.15, 0.2) is 5.84 Å². The van der Waals surface area contributed by atoms with Crippen molar-refractivity contribution < 1.29 is 4.79 Å². The first-order valence-electron chi connectivity index (χ1n) is 12.5. The first kappa shape index (κ1) is 18.7. The molecule has 29 heavy (non-hydrogen) atoms. The lowest BCUT2D eigenvalue weighted by molar-refractivity contribution is -0.115. The third kappa shape index (κ3) is 2.91. The number of amides is 1. The predicted molar refractivity (Wildman–Crippen MR) is 115 cm³/mol. The molecular weight excluding hydrogens is 358 g/mol. The molecule has 0 aromatic heterocycles. The number of hydrogen-bond acceptors (Lipinski definition) is 2. The average molecular weight is 398 g/mol. The van der Waals surface area contributed by atoms with Gasteiger partial charge in [0.2, 0.25) is 0 Å². The van der Waals surface area contributed by atoms with Crippen molar-refractivity contribution in [2.45, 2.75) is 108 Å². The molecule has 4 nitrogen and oxygen atoms in total. The van der Waals surface area contributed by atoms with Crippen LogP contribution in [0.15, 0.2) is 4.99 Å². The van der Waals surface area contributed by atoms with Crippen molar-refractivity contribution in [3.63, 3.8) is 0 Å². The molecule has 4 heteroatoms. The minimum Gasteiger partial charge on any atom is -0.363 e. The zero-order chi connectivity index (χ0) is 20.0. The Kier molecular flexibility index (Phi) is 4.02. The molecule has 8 aliphatic carbocycles. The van der Waals surface area contributed by atoms with E-state index < -0.39 is 0 Å². The Bertz CT molecular complexity index is 668. The highest BCUT2D eigenvalue weighted by molar-refractivity contribution is 6.37. The predicted octanol–water partition coefficient (Wildman–Crippen LogP) is 4.52. The van der Waals surface area contributed by atoms with Gasteiger partial charge in [0, 0.05) is 11.6 Å². The lowest BCUT2D eigenvalue weighted by atomic mass is 9.52. The van der Waals surface area contributed by atoms with Gasteiger partial charge < -0.3 is 10.6 Å². The summed E-state index contributed by atoms with van der Waals surface area (Å²) in [5.41, 5.74) is 6.26. The SMILES string of the molecule is CC(C)N(C(=NC12CC3CC(CC(C3)C1)C2)C(N)=O)C12CC3CC(CC(C3)C1)C2. The summed E-state index contributed by atoms with van der Waals surface area (Å²) in [5, 5.41) is 0. The normalized spacial score (nSPS) is 49.8. The summed E-state index contributed by atoms with van der Waals surface area (Å²) in [4.78, 5) is 20.8. The molecule has 0 radical (unpaired) electrons. The second-order valence-corrected chi connectivity index (χ2v) is 12.5. The molecule has 0 unspecified atom stereocenters. The summed E-state index contributed by atoms with van der Waals surface area (Å²) in [6.45, 7) is 4.52. The molecule has 8 fully saturated rings. The Morgan fingerprint density at radius 2 is 1.17 bits per heavy atom. The van der Waals surface area contributed by atoms with Crippen molar-refractivity contribution in [3.05, 3.63) is 0 Å². The van der Waals surface area contributed by atoms with Crippen LogP contribution in [0.3, 0.4) is 0 Å². The number of hydrogen-bond donors (Lipinski definition) is 1. The Morgan fingerprint density at radius 3 is 1.52 bits per heavy atom. The van der Waals surface area contributed by atoms with Crippen LogP contribution in [0.25, 0.3) is 0 Å². The van der Waals surface area contributed by atoms with E-state index in [1.54, 1.807) is 0 Å². The smallest absolute Gasteiger partial charge is 0.284 e. The highest BCUT2D eigenvalue weighted by Gasteiger charge is 2.56. The van der Waals surface area contributed by atoms with E-state index in [9.17, 15) is 4.79 Å². The molecule has 8 rings (SSSR count). The Morgan fingerprint density at radius 1 is 0.793 bits per heavy atom. The first-order valence-corrected chi connectivity index (χ1v) is 12.5. The van der Waals surface area contributed by atoms with Gasteiger partial charge in [-0.1, -0.05) is 0 Å². The molecule has 1 amide bonds. The second-order valence-electron chi connectivity index (χ2n) is 12.5. The number of carbonyl (C=O) groups excluding carboxylic acids is 1. The van der Waals surface area contributed by atoms with Gasteiger partial charge in [0.1, 0.15) is 0 Å². The van der Waals surface area contributed by atoms with Gasteiger partial charge in [-0.25, -0.2) is 0 Å². The van der Waals surface area contributed by atoms with Gasteiger partial charge in [0.25, 0.3) is 5.91 Å². The fraction of sp³-hybridized carbons (Fsp3) is 0.920. The lowest BCUT2D eigenvalue weighted by Gasteiger charge is -2.62.